The molecular weight excluding hydrogens is 200 g/mol. The first kappa shape index (κ1) is 9.26. The SMILES string of the molecule is O=Cc1c(O)c2c(O)cccc2oc1=O. The molecule has 76 valence electrons. The van der Waals surface area contributed by atoms with Crippen LogP contribution < -0.4 is 5.63 Å². The van der Waals surface area contributed by atoms with Gasteiger partial charge in [-0.2, -0.15) is 0 Å². The standard InChI is InChI=1S/C10H6O5/c11-4-5-9(13)8-6(12)2-1-3-7(8)15-10(5)14/h1-4,12-13H. The number of carbonyl (C=O) groups excluding carboxylic acids is 1. The summed E-state index contributed by atoms with van der Waals surface area (Å²) in [5.41, 5.74) is -1.40. The van der Waals surface area contributed by atoms with Gasteiger partial charge in [0.15, 0.2) is 6.29 Å². The summed E-state index contributed by atoms with van der Waals surface area (Å²) in [6.07, 6.45) is 0.188. The number of fused-ring (bicyclic) bond motifs is 1. The third-order valence-electron chi connectivity index (χ3n) is 2.04. The zero-order chi connectivity index (χ0) is 11.0. The van der Waals surface area contributed by atoms with E-state index in [1.807, 2.05) is 0 Å². The lowest BCUT2D eigenvalue weighted by Gasteiger charge is -2.02. The summed E-state index contributed by atoms with van der Waals surface area (Å²) in [6.45, 7) is 0. The molecule has 0 unspecified atom stereocenters. The predicted molar refractivity (Wildman–Crippen MR) is 51.2 cm³/mol. The van der Waals surface area contributed by atoms with Gasteiger partial charge in [-0.05, 0) is 12.1 Å². The van der Waals surface area contributed by atoms with Gasteiger partial charge < -0.3 is 14.6 Å². The summed E-state index contributed by atoms with van der Waals surface area (Å²) < 4.78 is 4.74. The van der Waals surface area contributed by atoms with E-state index >= 15 is 0 Å². The number of phenolic OH excluding ortho intramolecular Hbond substituents is 1. The average molecular weight is 206 g/mol. The van der Waals surface area contributed by atoms with Gasteiger partial charge in [-0.1, -0.05) is 6.07 Å². The molecule has 0 saturated carbocycles. The molecule has 2 N–H and O–H groups in total. The van der Waals surface area contributed by atoms with Crippen LogP contribution in [-0.4, -0.2) is 16.5 Å². The van der Waals surface area contributed by atoms with E-state index in [0.29, 0.717) is 0 Å². The molecule has 5 nitrogen and oxygen atoms in total. The predicted octanol–water partition coefficient (Wildman–Crippen LogP) is 1.02. The number of aromatic hydroxyl groups is 2. The Hall–Kier alpha value is -2.30. The summed E-state index contributed by atoms with van der Waals surface area (Å²) in [5.74, 6) is -0.814. The highest BCUT2D eigenvalue weighted by Crippen LogP contribution is 2.32. The molecule has 2 aromatic rings. The van der Waals surface area contributed by atoms with Crippen LogP contribution in [0.2, 0.25) is 0 Å². The first-order valence-corrected chi connectivity index (χ1v) is 4.08. The van der Waals surface area contributed by atoms with Crippen molar-refractivity contribution in [1.82, 2.24) is 0 Å². The van der Waals surface area contributed by atoms with Crippen molar-refractivity contribution < 1.29 is 19.4 Å². The number of carbonyl (C=O) groups is 1. The lowest BCUT2D eigenvalue weighted by atomic mass is 10.1. The van der Waals surface area contributed by atoms with E-state index in [1.54, 1.807) is 0 Å². The highest BCUT2D eigenvalue weighted by Gasteiger charge is 2.15. The second kappa shape index (κ2) is 3.13. The van der Waals surface area contributed by atoms with Crippen LogP contribution in [0.25, 0.3) is 11.0 Å². The van der Waals surface area contributed by atoms with E-state index in [1.165, 1.54) is 18.2 Å². The second-order valence-corrected chi connectivity index (χ2v) is 2.92. The van der Waals surface area contributed by atoms with E-state index in [0.717, 1.165) is 0 Å². The number of aldehydes is 1. The third-order valence-corrected chi connectivity index (χ3v) is 2.04. The van der Waals surface area contributed by atoms with Crippen molar-refractivity contribution in [2.75, 3.05) is 0 Å². The molecule has 0 atom stereocenters. The fraction of sp³-hybridized carbons (Fsp3) is 0. The summed E-state index contributed by atoms with van der Waals surface area (Å²) in [5, 5.41) is 18.9. The fourth-order valence-corrected chi connectivity index (χ4v) is 1.33. The Kier molecular flexibility index (Phi) is 1.93. The Labute approximate surface area is 83.2 Å². The Morgan fingerprint density at radius 2 is 2.00 bits per heavy atom. The highest BCUT2D eigenvalue weighted by molar-refractivity contribution is 5.95. The largest absolute Gasteiger partial charge is 0.507 e. The van der Waals surface area contributed by atoms with Gasteiger partial charge in [0.25, 0.3) is 0 Å². The molecule has 0 fully saturated rings. The van der Waals surface area contributed by atoms with Crippen LogP contribution in [0.5, 0.6) is 11.5 Å². The molecule has 1 aromatic carbocycles. The average Bonchev–Trinajstić information content (AvgIpc) is 2.17. The van der Waals surface area contributed by atoms with Crippen molar-refractivity contribution in [1.29, 1.82) is 0 Å². The third kappa shape index (κ3) is 1.25. The minimum Gasteiger partial charge on any atom is -0.507 e. The number of rotatable bonds is 1. The quantitative estimate of drug-likeness (QED) is 0.537. The van der Waals surface area contributed by atoms with Gasteiger partial charge in [-0.3, -0.25) is 4.79 Å². The van der Waals surface area contributed by atoms with Crippen molar-refractivity contribution in [3.63, 3.8) is 0 Å². The van der Waals surface area contributed by atoms with Crippen molar-refractivity contribution in [3.05, 3.63) is 34.2 Å². The Bertz CT molecular complexity index is 597. The number of hydrogen-bond donors (Lipinski definition) is 2. The molecule has 0 bridgehead atoms. The van der Waals surface area contributed by atoms with Gasteiger partial charge in [-0.25, -0.2) is 4.79 Å². The molecule has 15 heavy (non-hydrogen) atoms. The second-order valence-electron chi connectivity index (χ2n) is 2.92. The molecule has 1 heterocycles. The molecule has 2 rings (SSSR count). The molecule has 1 aromatic heterocycles. The van der Waals surface area contributed by atoms with Crippen molar-refractivity contribution >= 4 is 17.3 Å². The van der Waals surface area contributed by atoms with E-state index in [4.69, 9.17) is 4.42 Å². The van der Waals surface area contributed by atoms with Crippen molar-refractivity contribution in [2.24, 2.45) is 0 Å². The maximum atomic E-state index is 11.2. The van der Waals surface area contributed by atoms with Crippen LogP contribution >= 0.6 is 0 Å². The molecule has 0 saturated heterocycles. The number of benzene rings is 1. The van der Waals surface area contributed by atoms with Crippen molar-refractivity contribution in [2.45, 2.75) is 0 Å². The lowest BCUT2D eigenvalue weighted by Crippen LogP contribution is -2.06. The highest BCUT2D eigenvalue weighted by atomic mass is 16.4. The van der Waals surface area contributed by atoms with Crippen LogP contribution in [0.3, 0.4) is 0 Å². The topological polar surface area (TPSA) is 87.7 Å². The molecule has 0 aliphatic heterocycles. The van der Waals surface area contributed by atoms with E-state index < -0.39 is 16.9 Å². The first-order chi connectivity index (χ1) is 7.15. The molecule has 5 heteroatoms. The van der Waals surface area contributed by atoms with E-state index in [9.17, 15) is 19.8 Å². The zero-order valence-electron chi connectivity index (χ0n) is 7.43. The molecule has 0 spiro atoms. The summed E-state index contributed by atoms with van der Waals surface area (Å²) in [4.78, 5) is 21.7. The number of hydrogen-bond acceptors (Lipinski definition) is 5. The summed E-state index contributed by atoms with van der Waals surface area (Å²) in [6, 6.07) is 4.18. The molecule has 0 radical (unpaired) electrons. The summed E-state index contributed by atoms with van der Waals surface area (Å²) >= 11 is 0. The fourth-order valence-electron chi connectivity index (χ4n) is 1.33. The Morgan fingerprint density at radius 3 is 2.67 bits per heavy atom. The van der Waals surface area contributed by atoms with Crippen LogP contribution in [-0.2, 0) is 0 Å². The van der Waals surface area contributed by atoms with Gasteiger partial charge in [0.2, 0.25) is 0 Å². The summed E-state index contributed by atoms with van der Waals surface area (Å²) in [7, 11) is 0. The van der Waals surface area contributed by atoms with E-state index in [2.05, 4.69) is 0 Å². The first-order valence-electron chi connectivity index (χ1n) is 4.08. The van der Waals surface area contributed by atoms with Crippen LogP contribution in [0, 0.1) is 0 Å². The molecule has 0 amide bonds. The minimum atomic E-state index is -0.930. The van der Waals surface area contributed by atoms with Crippen LogP contribution in [0.4, 0.5) is 0 Å². The molecular formula is C10H6O5. The lowest BCUT2D eigenvalue weighted by molar-refractivity contribution is 0.111. The zero-order valence-corrected chi connectivity index (χ0v) is 7.43. The van der Waals surface area contributed by atoms with Gasteiger partial charge in [0.1, 0.15) is 28.0 Å². The van der Waals surface area contributed by atoms with Gasteiger partial charge in [-0.15, -0.1) is 0 Å². The van der Waals surface area contributed by atoms with Crippen molar-refractivity contribution in [3.8, 4) is 11.5 Å². The Morgan fingerprint density at radius 1 is 1.27 bits per heavy atom. The van der Waals surface area contributed by atoms with Crippen LogP contribution in [0.1, 0.15) is 10.4 Å². The monoisotopic (exact) mass is 206 g/mol. The normalized spacial score (nSPS) is 10.4. The maximum absolute atomic E-state index is 11.2. The van der Waals surface area contributed by atoms with Crippen LogP contribution in [0.15, 0.2) is 27.4 Å². The minimum absolute atomic E-state index is 0.0306. The van der Waals surface area contributed by atoms with Gasteiger partial charge >= 0.3 is 5.63 Å². The van der Waals surface area contributed by atoms with Gasteiger partial charge in [0, 0.05) is 0 Å². The Balaban J connectivity index is 3.05. The molecule has 0 aliphatic carbocycles. The van der Waals surface area contributed by atoms with Gasteiger partial charge in [0.05, 0.1) is 0 Å². The number of phenols is 1. The van der Waals surface area contributed by atoms with E-state index in [-0.39, 0.29) is 23.0 Å². The molecule has 0 aliphatic rings. The smallest absolute Gasteiger partial charge is 0.350 e. The maximum Gasteiger partial charge on any atom is 0.350 e.